The maximum Gasteiger partial charge on any atom is 0.327 e. The Hall–Kier alpha value is -2.76. The van der Waals surface area contributed by atoms with E-state index in [2.05, 4.69) is 10.3 Å². The Morgan fingerprint density at radius 3 is 2.55 bits per heavy atom. The molecule has 162 valence electrons. The van der Waals surface area contributed by atoms with Gasteiger partial charge in [0, 0.05) is 12.2 Å². The molecule has 4 nitrogen and oxygen atoms in total. The van der Waals surface area contributed by atoms with Crippen LogP contribution < -0.4 is 5.32 Å². The summed E-state index contributed by atoms with van der Waals surface area (Å²) >= 11 is 5.89. The van der Waals surface area contributed by atoms with E-state index in [1.54, 1.807) is 32.2 Å². The minimum atomic E-state index is -0.639. The van der Waals surface area contributed by atoms with Gasteiger partial charge in [-0.15, -0.1) is 0 Å². The third kappa shape index (κ3) is 6.36. The molecule has 6 heteroatoms. The lowest BCUT2D eigenvalue weighted by atomic mass is 9.96. The number of hydrogen-bond donors (Lipinski definition) is 1. The molecule has 3 rings (SSSR count). The van der Waals surface area contributed by atoms with Crippen LogP contribution in [0.4, 0.5) is 4.39 Å². The van der Waals surface area contributed by atoms with E-state index in [1.807, 2.05) is 42.5 Å². The van der Waals surface area contributed by atoms with Gasteiger partial charge >= 0.3 is 5.97 Å². The summed E-state index contributed by atoms with van der Waals surface area (Å²) in [7, 11) is 0. The quantitative estimate of drug-likeness (QED) is 0.340. The average Bonchev–Trinajstić information content (AvgIpc) is 2.78. The summed E-state index contributed by atoms with van der Waals surface area (Å²) in [5.74, 6) is -0.597. The van der Waals surface area contributed by atoms with E-state index < -0.39 is 6.04 Å². The van der Waals surface area contributed by atoms with E-state index in [0.717, 1.165) is 16.7 Å². The molecule has 2 atom stereocenters. The lowest BCUT2D eigenvalue weighted by Crippen LogP contribution is -2.33. The molecule has 3 aromatic rings. The maximum absolute atomic E-state index is 13.9. The Labute approximate surface area is 187 Å². The van der Waals surface area contributed by atoms with Gasteiger partial charge in [-0.05, 0) is 61.1 Å². The van der Waals surface area contributed by atoms with Gasteiger partial charge in [0.2, 0.25) is 0 Å². The van der Waals surface area contributed by atoms with E-state index in [9.17, 15) is 9.18 Å². The van der Waals surface area contributed by atoms with Crippen LogP contribution in [0.3, 0.4) is 0 Å². The predicted molar refractivity (Wildman–Crippen MR) is 120 cm³/mol. The van der Waals surface area contributed by atoms with Crippen molar-refractivity contribution in [3.63, 3.8) is 0 Å². The number of ether oxygens (including phenoxy) is 1. The minimum absolute atomic E-state index is 0.204. The first-order valence-corrected chi connectivity index (χ1v) is 10.7. The van der Waals surface area contributed by atoms with E-state index in [4.69, 9.17) is 16.3 Å². The van der Waals surface area contributed by atoms with Gasteiger partial charge in [0.15, 0.2) is 0 Å². The fourth-order valence-corrected chi connectivity index (χ4v) is 3.58. The van der Waals surface area contributed by atoms with Crippen LogP contribution in [0.15, 0.2) is 66.9 Å². The molecule has 1 aromatic heterocycles. The summed E-state index contributed by atoms with van der Waals surface area (Å²) in [6.07, 6.45) is 3.13. The number of carbonyl (C=O) groups is 1. The second kappa shape index (κ2) is 11.0. The molecule has 0 amide bonds. The van der Waals surface area contributed by atoms with Crippen molar-refractivity contribution in [1.82, 2.24) is 10.3 Å². The molecule has 2 aromatic carbocycles. The van der Waals surface area contributed by atoms with Gasteiger partial charge in [0.1, 0.15) is 17.0 Å². The molecule has 1 N–H and O–H groups in total. The van der Waals surface area contributed by atoms with Crippen molar-refractivity contribution in [2.45, 2.75) is 38.8 Å². The van der Waals surface area contributed by atoms with Crippen molar-refractivity contribution in [2.24, 2.45) is 0 Å². The van der Waals surface area contributed by atoms with Crippen molar-refractivity contribution in [3.05, 3.63) is 100 Å². The number of nitrogens with one attached hydrogen (secondary N) is 1. The number of carbonyl (C=O) groups excluding carboxylic acids is 1. The summed E-state index contributed by atoms with van der Waals surface area (Å²) in [4.78, 5) is 16.9. The van der Waals surface area contributed by atoms with Crippen LogP contribution in [0.1, 0.15) is 47.7 Å². The number of nitrogens with zero attached hydrogens (tertiary/aromatic N) is 1. The molecule has 0 saturated carbocycles. The van der Waals surface area contributed by atoms with Crippen LogP contribution >= 0.6 is 11.6 Å². The molecule has 31 heavy (non-hydrogen) atoms. The number of halogens is 2. The number of benzene rings is 2. The highest BCUT2D eigenvalue weighted by Crippen LogP contribution is 2.26. The zero-order chi connectivity index (χ0) is 22.2. The monoisotopic (exact) mass is 440 g/mol. The molecule has 0 fully saturated rings. The Morgan fingerprint density at radius 2 is 1.90 bits per heavy atom. The molecule has 0 spiro atoms. The third-order valence-electron chi connectivity index (χ3n) is 5.12. The van der Waals surface area contributed by atoms with Crippen LogP contribution in [0.2, 0.25) is 5.15 Å². The van der Waals surface area contributed by atoms with Crippen LogP contribution in [0.5, 0.6) is 0 Å². The van der Waals surface area contributed by atoms with Crippen molar-refractivity contribution >= 4 is 17.6 Å². The fourth-order valence-electron chi connectivity index (χ4n) is 3.47. The van der Waals surface area contributed by atoms with E-state index in [1.165, 1.54) is 6.07 Å². The van der Waals surface area contributed by atoms with Crippen molar-refractivity contribution in [2.75, 3.05) is 6.61 Å². The number of hydrogen-bond acceptors (Lipinski definition) is 4. The summed E-state index contributed by atoms with van der Waals surface area (Å²) < 4.78 is 19.2. The normalized spacial score (nSPS) is 12.9. The first-order chi connectivity index (χ1) is 15.0. The first kappa shape index (κ1) is 22.9. The molecule has 0 unspecified atom stereocenters. The molecule has 0 aliphatic heterocycles. The standard InChI is InChI=1S/C25H26ClFN2O2/c1-3-31-25(30)24(19-7-5-4-6-8-19)29-22(20-11-12-21(27)17(2)15-20)13-9-18-10-14-23(26)28-16-18/h4-8,10-12,14-16,22,24,29H,3,9,13H2,1-2H3/t22-,24+/m0/s1. The lowest BCUT2D eigenvalue weighted by molar-refractivity contribution is -0.146. The van der Waals surface area contributed by atoms with Crippen LogP contribution in [0, 0.1) is 12.7 Å². The van der Waals surface area contributed by atoms with E-state index in [-0.39, 0.29) is 17.8 Å². The van der Waals surface area contributed by atoms with Gasteiger partial charge < -0.3 is 4.74 Å². The molecule has 0 bridgehead atoms. The molecule has 0 saturated heterocycles. The average molecular weight is 441 g/mol. The smallest absolute Gasteiger partial charge is 0.327 e. The van der Waals surface area contributed by atoms with E-state index in [0.29, 0.717) is 30.2 Å². The first-order valence-electron chi connectivity index (χ1n) is 10.3. The number of aromatic nitrogens is 1. The molecule has 0 aliphatic rings. The Kier molecular flexibility index (Phi) is 8.15. The fraction of sp³-hybridized carbons (Fsp3) is 0.280. The SMILES string of the molecule is CCOC(=O)[C@H](N[C@@H](CCc1ccc(Cl)nc1)c1ccc(F)c(C)c1)c1ccccc1. The number of rotatable bonds is 9. The van der Waals surface area contributed by atoms with Gasteiger partial charge in [-0.1, -0.05) is 60.1 Å². The van der Waals surface area contributed by atoms with Gasteiger partial charge in [-0.3, -0.25) is 5.32 Å². The van der Waals surface area contributed by atoms with Gasteiger partial charge in [-0.25, -0.2) is 14.2 Å². The summed E-state index contributed by atoms with van der Waals surface area (Å²) in [6, 6.07) is 17.4. The molecule has 0 aliphatic carbocycles. The van der Waals surface area contributed by atoms with Crippen LogP contribution in [0.25, 0.3) is 0 Å². The summed E-state index contributed by atoms with van der Waals surface area (Å²) in [5, 5.41) is 3.90. The second-order valence-electron chi connectivity index (χ2n) is 7.35. The predicted octanol–water partition coefficient (Wildman–Crippen LogP) is 5.75. The van der Waals surface area contributed by atoms with E-state index >= 15 is 0 Å². The maximum atomic E-state index is 13.9. The second-order valence-corrected chi connectivity index (χ2v) is 7.74. The molecular weight excluding hydrogens is 415 g/mol. The van der Waals surface area contributed by atoms with Gasteiger partial charge in [0.25, 0.3) is 0 Å². The van der Waals surface area contributed by atoms with Crippen molar-refractivity contribution in [1.29, 1.82) is 0 Å². The number of pyridine rings is 1. The zero-order valence-electron chi connectivity index (χ0n) is 17.6. The highest BCUT2D eigenvalue weighted by Gasteiger charge is 2.26. The topological polar surface area (TPSA) is 51.2 Å². The molecule has 1 heterocycles. The largest absolute Gasteiger partial charge is 0.465 e. The molecule has 0 radical (unpaired) electrons. The summed E-state index contributed by atoms with van der Waals surface area (Å²) in [6.45, 7) is 3.81. The van der Waals surface area contributed by atoms with Crippen LogP contribution in [-0.4, -0.2) is 17.6 Å². The van der Waals surface area contributed by atoms with Gasteiger partial charge in [-0.2, -0.15) is 0 Å². The lowest BCUT2D eigenvalue weighted by Gasteiger charge is -2.26. The summed E-state index contributed by atoms with van der Waals surface area (Å²) in [5.41, 5.74) is 3.32. The Balaban J connectivity index is 1.89. The molecular formula is C25H26ClFN2O2. The van der Waals surface area contributed by atoms with Crippen molar-refractivity contribution in [3.8, 4) is 0 Å². The number of esters is 1. The highest BCUT2D eigenvalue weighted by atomic mass is 35.5. The zero-order valence-corrected chi connectivity index (χ0v) is 18.4. The Morgan fingerprint density at radius 1 is 1.13 bits per heavy atom. The minimum Gasteiger partial charge on any atom is -0.465 e. The Bertz CT molecular complexity index is 996. The van der Waals surface area contributed by atoms with Gasteiger partial charge in [0.05, 0.1) is 6.61 Å². The third-order valence-corrected chi connectivity index (χ3v) is 5.34. The highest BCUT2D eigenvalue weighted by molar-refractivity contribution is 6.29. The van der Waals surface area contributed by atoms with Crippen LogP contribution in [-0.2, 0) is 16.0 Å². The van der Waals surface area contributed by atoms with Crippen molar-refractivity contribution < 1.29 is 13.9 Å². The number of aryl methyl sites for hydroxylation is 2.